The predicted molar refractivity (Wildman–Crippen MR) is 71.3 cm³/mol. The molecule has 94 valence electrons. The summed E-state index contributed by atoms with van der Waals surface area (Å²) in [5.74, 6) is 0.440. The number of unbranched alkanes of at least 4 members (excludes halogenated alkanes) is 4. The molecule has 17 heavy (non-hydrogen) atoms. The first-order valence-electron chi connectivity index (χ1n) is 6.14. The fourth-order valence-electron chi connectivity index (χ4n) is 1.56. The number of carbonyl (C=O) groups is 1. The molecule has 0 aliphatic carbocycles. The summed E-state index contributed by atoms with van der Waals surface area (Å²) in [6.07, 6.45) is 7.85. The average Bonchev–Trinajstić information content (AvgIpc) is 2.32. The lowest BCUT2D eigenvalue weighted by Crippen LogP contribution is -2.12. The molecule has 1 aromatic rings. The van der Waals surface area contributed by atoms with Crippen LogP contribution in [0.15, 0.2) is 18.3 Å². The highest BCUT2D eigenvalue weighted by Gasteiger charge is 2.05. The number of amides is 1. The second-order valence-corrected chi connectivity index (χ2v) is 4.45. The van der Waals surface area contributed by atoms with Crippen LogP contribution in [0.5, 0.6) is 0 Å². The summed E-state index contributed by atoms with van der Waals surface area (Å²) in [6.45, 7) is 2.18. The zero-order valence-corrected chi connectivity index (χ0v) is 11.0. The van der Waals surface area contributed by atoms with Gasteiger partial charge in [0.05, 0.1) is 5.02 Å². The first-order valence-corrected chi connectivity index (χ1v) is 6.52. The second kappa shape index (κ2) is 8.07. The quantitative estimate of drug-likeness (QED) is 0.747. The molecule has 0 unspecified atom stereocenters. The van der Waals surface area contributed by atoms with Crippen LogP contribution in [0.3, 0.4) is 0 Å². The van der Waals surface area contributed by atoms with Crippen LogP contribution in [0.1, 0.15) is 45.4 Å². The Hall–Kier alpha value is -1.09. The van der Waals surface area contributed by atoms with Gasteiger partial charge in [-0.2, -0.15) is 0 Å². The number of hydrogen-bond acceptors (Lipinski definition) is 2. The van der Waals surface area contributed by atoms with Crippen molar-refractivity contribution in [1.29, 1.82) is 0 Å². The smallest absolute Gasteiger partial charge is 0.225 e. The maximum absolute atomic E-state index is 11.6. The third-order valence-electron chi connectivity index (χ3n) is 2.52. The molecule has 1 amide bonds. The Balaban J connectivity index is 2.23. The Bertz CT molecular complexity index is 355. The first kappa shape index (κ1) is 14.0. The van der Waals surface area contributed by atoms with Crippen LogP contribution in [-0.2, 0) is 4.79 Å². The molecule has 0 bridgehead atoms. The van der Waals surface area contributed by atoms with Crippen molar-refractivity contribution in [2.45, 2.75) is 45.4 Å². The molecule has 0 atom stereocenters. The molecule has 0 aliphatic heterocycles. The van der Waals surface area contributed by atoms with Gasteiger partial charge >= 0.3 is 0 Å². The van der Waals surface area contributed by atoms with Crippen LogP contribution >= 0.6 is 11.6 Å². The number of carbonyl (C=O) groups excluding carboxylic acids is 1. The molecule has 1 N–H and O–H groups in total. The summed E-state index contributed by atoms with van der Waals surface area (Å²) in [5, 5.41) is 3.20. The number of anilines is 1. The van der Waals surface area contributed by atoms with Crippen molar-refractivity contribution >= 4 is 23.3 Å². The lowest BCUT2D eigenvalue weighted by atomic mass is 10.1. The van der Waals surface area contributed by atoms with Gasteiger partial charge in [-0.1, -0.05) is 44.2 Å². The van der Waals surface area contributed by atoms with Crippen molar-refractivity contribution in [2.75, 3.05) is 5.32 Å². The van der Waals surface area contributed by atoms with Crippen LogP contribution in [0, 0.1) is 0 Å². The van der Waals surface area contributed by atoms with Gasteiger partial charge < -0.3 is 5.32 Å². The van der Waals surface area contributed by atoms with E-state index in [2.05, 4.69) is 17.2 Å². The summed E-state index contributed by atoms with van der Waals surface area (Å²) in [5.41, 5.74) is 0. The minimum Gasteiger partial charge on any atom is -0.309 e. The van der Waals surface area contributed by atoms with E-state index in [1.54, 1.807) is 18.3 Å². The lowest BCUT2D eigenvalue weighted by Gasteiger charge is -2.05. The second-order valence-electron chi connectivity index (χ2n) is 4.05. The number of pyridine rings is 1. The van der Waals surface area contributed by atoms with Gasteiger partial charge in [0, 0.05) is 12.6 Å². The van der Waals surface area contributed by atoms with Gasteiger partial charge in [0.25, 0.3) is 0 Å². The van der Waals surface area contributed by atoms with Crippen molar-refractivity contribution in [3.05, 3.63) is 23.4 Å². The van der Waals surface area contributed by atoms with Gasteiger partial charge in [0.1, 0.15) is 0 Å². The zero-order valence-electron chi connectivity index (χ0n) is 10.2. The molecule has 1 rings (SSSR count). The highest BCUT2D eigenvalue weighted by molar-refractivity contribution is 6.33. The summed E-state index contributed by atoms with van der Waals surface area (Å²) in [4.78, 5) is 15.6. The van der Waals surface area contributed by atoms with Crippen LogP contribution in [-0.4, -0.2) is 10.9 Å². The van der Waals surface area contributed by atoms with E-state index < -0.39 is 0 Å². The van der Waals surface area contributed by atoms with E-state index in [1.807, 2.05) is 0 Å². The van der Waals surface area contributed by atoms with E-state index in [0.717, 1.165) is 12.8 Å². The molecule has 0 saturated carbocycles. The zero-order chi connectivity index (χ0) is 12.5. The van der Waals surface area contributed by atoms with E-state index in [0.29, 0.717) is 17.3 Å². The molecule has 0 radical (unpaired) electrons. The Labute approximate surface area is 108 Å². The number of nitrogens with one attached hydrogen (secondary N) is 1. The van der Waals surface area contributed by atoms with Gasteiger partial charge in [-0.25, -0.2) is 4.98 Å². The number of rotatable bonds is 7. The third kappa shape index (κ3) is 5.68. The SMILES string of the molecule is CCCCCCCC(=O)Nc1ncccc1Cl. The fraction of sp³-hybridized carbons (Fsp3) is 0.538. The topological polar surface area (TPSA) is 42.0 Å². The maximum Gasteiger partial charge on any atom is 0.225 e. The largest absolute Gasteiger partial charge is 0.309 e. The Morgan fingerprint density at radius 1 is 1.35 bits per heavy atom. The van der Waals surface area contributed by atoms with E-state index in [1.165, 1.54) is 19.3 Å². The van der Waals surface area contributed by atoms with E-state index in [-0.39, 0.29) is 5.91 Å². The van der Waals surface area contributed by atoms with Gasteiger partial charge in [-0.05, 0) is 18.6 Å². The minimum absolute atomic E-state index is 0.0119. The monoisotopic (exact) mass is 254 g/mol. The summed E-state index contributed by atoms with van der Waals surface area (Å²) in [6, 6.07) is 3.45. The van der Waals surface area contributed by atoms with Crippen molar-refractivity contribution in [2.24, 2.45) is 0 Å². The van der Waals surface area contributed by atoms with Crippen molar-refractivity contribution in [3.63, 3.8) is 0 Å². The van der Waals surface area contributed by atoms with Crippen molar-refractivity contribution < 1.29 is 4.79 Å². The Kier molecular flexibility index (Phi) is 6.63. The molecule has 0 fully saturated rings. The molecule has 0 aliphatic rings. The molecule has 0 spiro atoms. The normalized spacial score (nSPS) is 10.2. The summed E-state index contributed by atoms with van der Waals surface area (Å²) >= 11 is 5.89. The van der Waals surface area contributed by atoms with E-state index in [4.69, 9.17) is 11.6 Å². The van der Waals surface area contributed by atoms with Crippen molar-refractivity contribution in [1.82, 2.24) is 4.98 Å². The standard InChI is InChI=1S/C13H19ClN2O/c1-2-3-4-5-6-9-12(17)16-13-11(14)8-7-10-15-13/h7-8,10H,2-6,9H2,1H3,(H,15,16,17). The highest BCUT2D eigenvalue weighted by atomic mass is 35.5. The minimum atomic E-state index is -0.0119. The number of aromatic nitrogens is 1. The fourth-order valence-corrected chi connectivity index (χ4v) is 1.73. The molecular formula is C13H19ClN2O. The summed E-state index contributed by atoms with van der Waals surface area (Å²) < 4.78 is 0. The van der Waals surface area contributed by atoms with E-state index in [9.17, 15) is 4.79 Å². The first-order chi connectivity index (χ1) is 8.24. The molecular weight excluding hydrogens is 236 g/mol. The molecule has 3 nitrogen and oxygen atoms in total. The number of hydrogen-bond donors (Lipinski definition) is 1. The summed E-state index contributed by atoms with van der Waals surface area (Å²) in [7, 11) is 0. The molecule has 4 heteroatoms. The lowest BCUT2D eigenvalue weighted by molar-refractivity contribution is -0.116. The average molecular weight is 255 g/mol. The molecule has 0 saturated heterocycles. The van der Waals surface area contributed by atoms with Gasteiger partial charge in [0.15, 0.2) is 5.82 Å². The van der Waals surface area contributed by atoms with Crippen LogP contribution in [0.2, 0.25) is 5.02 Å². The maximum atomic E-state index is 11.6. The van der Waals surface area contributed by atoms with E-state index >= 15 is 0 Å². The van der Waals surface area contributed by atoms with Gasteiger partial charge in [0.2, 0.25) is 5.91 Å². The van der Waals surface area contributed by atoms with Crippen LogP contribution < -0.4 is 5.32 Å². The molecule has 1 heterocycles. The van der Waals surface area contributed by atoms with Gasteiger partial charge in [-0.15, -0.1) is 0 Å². The Morgan fingerprint density at radius 3 is 2.82 bits per heavy atom. The highest BCUT2D eigenvalue weighted by Crippen LogP contribution is 2.17. The number of nitrogens with zero attached hydrogens (tertiary/aromatic N) is 1. The predicted octanol–water partition coefficient (Wildman–Crippen LogP) is 4.03. The van der Waals surface area contributed by atoms with Gasteiger partial charge in [-0.3, -0.25) is 4.79 Å². The third-order valence-corrected chi connectivity index (χ3v) is 2.83. The molecule has 1 aromatic heterocycles. The number of halogens is 1. The van der Waals surface area contributed by atoms with Crippen LogP contribution in [0.25, 0.3) is 0 Å². The van der Waals surface area contributed by atoms with Crippen molar-refractivity contribution in [3.8, 4) is 0 Å². The Morgan fingerprint density at radius 2 is 2.12 bits per heavy atom. The molecule has 0 aromatic carbocycles. The van der Waals surface area contributed by atoms with Crippen LogP contribution in [0.4, 0.5) is 5.82 Å².